The van der Waals surface area contributed by atoms with Gasteiger partial charge < -0.3 is 5.11 Å². The van der Waals surface area contributed by atoms with Crippen LogP contribution in [-0.4, -0.2) is 15.6 Å². The lowest BCUT2D eigenvalue weighted by Crippen LogP contribution is -1.95. The lowest BCUT2D eigenvalue weighted by Gasteiger charge is -2.00. The van der Waals surface area contributed by atoms with E-state index >= 15 is 0 Å². The number of carbonyl (C=O) groups excluding carboxylic acids is 1. The first-order chi connectivity index (χ1) is 11.2. The summed E-state index contributed by atoms with van der Waals surface area (Å²) >= 11 is 1.49. The molecule has 2 heterocycles. The van der Waals surface area contributed by atoms with Crippen molar-refractivity contribution >= 4 is 33.8 Å². The summed E-state index contributed by atoms with van der Waals surface area (Å²) in [6.45, 7) is 0.213. The highest BCUT2D eigenvalue weighted by atomic mass is 32.1. The molecule has 1 aromatic carbocycles. The lowest BCUT2D eigenvalue weighted by atomic mass is 10.2. The van der Waals surface area contributed by atoms with E-state index in [0.29, 0.717) is 5.39 Å². The summed E-state index contributed by atoms with van der Waals surface area (Å²) < 4.78 is 1.56. The SMILES string of the molecule is C#CCn1c(O)c(N=NC(=O)Cc2cccs2)c2ccccc21. The molecule has 0 unspecified atom stereocenters. The largest absolute Gasteiger partial charge is 0.493 e. The van der Waals surface area contributed by atoms with Crippen molar-refractivity contribution in [2.45, 2.75) is 13.0 Å². The van der Waals surface area contributed by atoms with Crippen LogP contribution >= 0.6 is 11.3 Å². The number of para-hydroxylation sites is 1. The van der Waals surface area contributed by atoms with Gasteiger partial charge in [0.1, 0.15) is 0 Å². The van der Waals surface area contributed by atoms with Crippen LogP contribution in [0, 0.1) is 12.3 Å². The molecule has 0 atom stereocenters. The number of aromatic hydroxyl groups is 1. The van der Waals surface area contributed by atoms with Gasteiger partial charge in [-0.05, 0) is 17.5 Å². The number of thiophene rings is 1. The number of fused-ring (bicyclic) bond motifs is 1. The summed E-state index contributed by atoms with van der Waals surface area (Å²) in [4.78, 5) is 12.8. The molecule has 0 spiro atoms. The van der Waals surface area contributed by atoms with Crippen molar-refractivity contribution in [3.8, 4) is 18.2 Å². The third kappa shape index (κ3) is 3.00. The molecule has 0 saturated carbocycles. The van der Waals surface area contributed by atoms with E-state index in [9.17, 15) is 9.90 Å². The molecule has 3 rings (SSSR count). The number of rotatable bonds is 4. The fourth-order valence-electron chi connectivity index (χ4n) is 2.32. The summed E-state index contributed by atoms with van der Waals surface area (Å²) in [7, 11) is 0. The number of nitrogens with zero attached hydrogens (tertiary/aromatic N) is 3. The van der Waals surface area contributed by atoms with E-state index in [1.165, 1.54) is 11.3 Å². The Labute approximate surface area is 136 Å². The van der Waals surface area contributed by atoms with Crippen molar-refractivity contribution in [1.29, 1.82) is 0 Å². The van der Waals surface area contributed by atoms with E-state index in [4.69, 9.17) is 6.42 Å². The van der Waals surface area contributed by atoms with Gasteiger partial charge in [-0.15, -0.1) is 28.0 Å². The number of hydrogen-bond acceptors (Lipinski definition) is 4. The molecule has 0 aliphatic heterocycles. The van der Waals surface area contributed by atoms with Gasteiger partial charge in [0.05, 0.1) is 18.5 Å². The van der Waals surface area contributed by atoms with E-state index in [1.54, 1.807) is 10.6 Å². The molecular weight excluding hydrogens is 310 g/mol. The fourth-order valence-corrected chi connectivity index (χ4v) is 3.02. The minimum Gasteiger partial charge on any atom is -0.493 e. The van der Waals surface area contributed by atoms with Gasteiger partial charge in [0.15, 0.2) is 5.69 Å². The topological polar surface area (TPSA) is 66.9 Å². The van der Waals surface area contributed by atoms with E-state index in [1.807, 2.05) is 35.7 Å². The highest BCUT2D eigenvalue weighted by Gasteiger charge is 2.16. The Balaban J connectivity index is 1.93. The summed E-state index contributed by atoms with van der Waals surface area (Å²) in [5.41, 5.74) is 1.01. The summed E-state index contributed by atoms with van der Waals surface area (Å²) in [6.07, 6.45) is 5.54. The molecule has 0 aliphatic carbocycles. The van der Waals surface area contributed by atoms with Crippen molar-refractivity contribution in [3.63, 3.8) is 0 Å². The minimum atomic E-state index is -0.361. The first-order valence-corrected chi connectivity index (χ1v) is 7.79. The Kier molecular flexibility index (Phi) is 4.22. The smallest absolute Gasteiger partial charge is 0.269 e. The average molecular weight is 323 g/mol. The molecule has 23 heavy (non-hydrogen) atoms. The second-order valence-corrected chi connectivity index (χ2v) is 5.86. The highest BCUT2D eigenvalue weighted by Crippen LogP contribution is 2.38. The van der Waals surface area contributed by atoms with E-state index in [-0.39, 0.29) is 30.4 Å². The number of benzene rings is 1. The van der Waals surface area contributed by atoms with Gasteiger partial charge in [0.2, 0.25) is 5.88 Å². The second-order valence-electron chi connectivity index (χ2n) is 4.83. The number of amides is 1. The quantitative estimate of drug-likeness (QED) is 0.584. The van der Waals surface area contributed by atoms with E-state index in [0.717, 1.165) is 10.4 Å². The van der Waals surface area contributed by atoms with Gasteiger partial charge in [-0.3, -0.25) is 9.36 Å². The number of azo groups is 1. The molecule has 3 aromatic rings. The first kappa shape index (κ1) is 15.0. The van der Waals surface area contributed by atoms with Gasteiger partial charge in [-0.1, -0.05) is 30.2 Å². The maximum Gasteiger partial charge on any atom is 0.269 e. The third-order valence-electron chi connectivity index (χ3n) is 3.33. The van der Waals surface area contributed by atoms with E-state index in [2.05, 4.69) is 16.1 Å². The molecule has 2 aromatic heterocycles. The normalized spacial score (nSPS) is 11.1. The molecule has 0 bridgehead atoms. The number of hydrogen-bond donors (Lipinski definition) is 1. The first-order valence-electron chi connectivity index (χ1n) is 6.91. The van der Waals surface area contributed by atoms with E-state index < -0.39 is 0 Å². The zero-order chi connectivity index (χ0) is 16.2. The molecule has 0 aliphatic rings. The number of aromatic nitrogens is 1. The van der Waals surface area contributed by atoms with Crippen molar-refractivity contribution in [3.05, 3.63) is 46.7 Å². The Bertz CT molecular complexity index is 917. The zero-order valence-electron chi connectivity index (χ0n) is 12.1. The summed E-state index contributed by atoms with van der Waals surface area (Å²) in [5, 5.41) is 20.6. The van der Waals surface area contributed by atoms with Crippen LogP contribution in [0.5, 0.6) is 5.88 Å². The number of terminal acetylenes is 1. The molecule has 6 heteroatoms. The van der Waals surface area contributed by atoms with Crippen LogP contribution < -0.4 is 0 Å². The average Bonchev–Trinajstić information content (AvgIpc) is 3.14. The van der Waals surface area contributed by atoms with Gasteiger partial charge >= 0.3 is 0 Å². The van der Waals surface area contributed by atoms with Crippen LogP contribution in [0.15, 0.2) is 52.0 Å². The van der Waals surface area contributed by atoms with Gasteiger partial charge in [0.25, 0.3) is 5.91 Å². The molecule has 0 radical (unpaired) electrons. The van der Waals surface area contributed by atoms with Crippen molar-refractivity contribution in [2.75, 3.05) is 0 Å². The molecule has 0 fully saturated rings. The monoisotopic (exact) mass is 323 g/mol. The van der Waals surface area contributed by atoms with Gasteiger partial charge in [0, 0.05) is 10.3 Å². The van der Waals surface area contributed by atoms with Crippen molar-refractivity contribution < 1.29 is 9.90 Å². The maximum atomic E-state index is 11.9. The van der Waals surface area contributed by atoms with Crippen LogP contribution in [0.4, 0.5) is 5.69 Å². The Hall–Kier alpha value is -2.91. The summed E-state index contributed by atoms with van der Waals surface area (Å²) in [6, 6.07) is 11.1. The Morgan fingerprint density at radius 3 is 2.87 bits per heavy atom. The van der Waals surface area contributed by atoms with Crippen LogP contribution in [0.25, 0.3) is 10.9 Å². The zero-order valence-corrected chi connectivity index (χ0v) is 13.0. The van der Waals surface area contributed by atoms with Crippen LogP contribution in [0.1, 0.15) is 4.88 Å². The Morgan fingerprint density at radius 1 is 1.30 bits per heavy atom. The number of carbonyl (C=O) groups is 1. The molecule has 0 saturated heterocycles. The summed E-state index contributed by atoms with van der Waals surface area (Å²) in [5.74, 6) is 2.04. The molecule has 1 amide bonds. The van der Waals surface area contributed by atoms with Crippen molar-refractivity contribution in [1.82, 2.24) is 4.57 Å². The predicted molar refractivity (Wildman–Crippen MR) is 90.0 cm³/mol. The fraction of sp³-hybridized carbons (Fsp3) is 0.118. The molecule has 114 valence electrons. The molecule has 1 N–H and O–H groups in total. The molecular formula is C17H13N3O2S. The highest BCUT2D eigenvalue weighted by molar-refractivity contribution is 7.10. The third-order valence-corrected chi connectivity index (χ3v) is 4.21. The van der Waals surface area contributed by atoms with Crippen molar-refractivity contribution in [2.24, 2.45) is 10.2 Å². The van der Waals surface area contributed by atoms with Crippen LogP contribution in [0.2, 0.25) is 0 Å². The second kappa shape index (κ2) is 6.46. The standard InChI is InChI=1S/C17H13N3O2S/c1-2-9-20-14-8-4-3-7-13(14)16(17(20)22)19-18-15(21)11-12-6-5-10-23-12/h1,3-8,10,22H,9,11H2. The minimum absolute atomic E-state index is 0.0863. The maximum absolute atomic E-state index is 11.9. The van der Waals surface area contributed by atoms with Crippen LogP contribution in [-0.2, 0) is 17.8 Å². The lowest BCUT2D eigenvalue weighted by molar-refractivity contribution is -0.117. The van der Waals surface area contributed by atoms with Gasteiger partial charge in [-0.25, -0.2) is 0 Å². The predicted octanol–water partition coefficient (Wildman–Crippen LogP) is 3.89. The van der Waals surface area contributed by atoms with Crippen LogP contribution in [0.3, 0.4) is 0 Å². The Morgan fingerprint density at radius 2 is 2.13 bits per heavy atom. The van der Waals surface area contributed by atoms with Gasteiger partial charge in [-0.2, -0.15) is 0 Å². The molecule has 5 nitrogen and oxygen atoms in total.